The number of hydrogen-bond donors (Lipinski definition) is 0. The Hall–Kier alpha value is -1.37. The third kappa shape index (κ3) is 3.29. The van der Waals surface area contributed by atoms with Gasteiger partial charge in [-0.05, 0) is 41.5 Å². The Balaban J connectivity index is 3.30. The van der Waals surface area contributed by atoms with Crippen molar-refractivity contribution in [3.63, 3.8) is 0 Å². The summed E-state index contributed by atoms with van der Waals surface area (Å²) < 4.78 is 0. The summed E-state index contributed by atoms with van der Waals surface area (Å²) in [5.41, 5.74) is 5.34. The average molecular weight is 229 g/mol. The topological polar surface area (TPSA) is 12.4 Å². The summed E-state index contributed by atoms with van der Waals surface area (Å²) in [5, 5.41) is 0. The van der Waals surface area contributed by atoms with Crippen molar-refractivity contribution >= 4 is 11.8 Å². The quantitative estimate of drug-likeness (QED) is 0.668. The number of nitrogens with zero attached hydrogens (tertiary/aromatic N) is 1. The largest absolute Gasteiger partial charge is 0.296 e. The molecular weight excluding hydrogens is 206 g/mol. The number of rotatable bonds is 4. The second-order valence-electron chi connectivity index (χ2n) is 4.63. The van der Waals surface area contributed by atoms with Crippen molar-refractivity contribution in [2.24, 2.45) is 4.99 Å². The van der Waals surface area contributed by atoms with Crippen LogP contribution in [0.4, 0.5) is 0 Å². The van der Waals surface area contributed by atoms with Crippen LogP contribution in [0.3, 0.4) is 0 Å². The van der Waals surface area contributed by atoms with Gasteiger partial charge in [0.15, 0.2) is 0 Å². The maximum atomic E-state index is 4.15. The molecule has 1 nitrogen and oxygen atoms in total. The zero-order chi connectivity index (χ0) is 12.8. The molecular formula is C16H23N. The molecule has 0 aliphatic carbocycles. The fourth-order valence-corrected chi connectivity index (χ4v) is 2.18. The first-order valence-corrected chi connectivity index (χ1v) is 6.34. The van der Waals surface area contributed by atoms with Gasteiger partial charge < -0.3 is 0 Å². The normalized spacial score (nSPS) is 12.7. The number of benzene rings is 1. The molecule has 0 heterocycles. The Labute approximate surface area is 105 Å². The van der Waals surface area contributed by atoms with E-state index >= 15 is 0 Å². The molecule has 0 aromatic heterocycles. The monoisotopic (exact) mass is 229 g/mol. The lowest BCUT2D eigenvalue weighted by Gasteiger charge is -2.14. The minimum Gasteiger partial charge on any atom is -0.296 e. The molecule has 0 aliphatic rings. The van der Waals surface area contributed by atoms with Gasteiger partial charge in [0.2, 0.25) is 0 Å². The molecule has 0 atom stereocenters. The highest BCUT2D eigenvalue weighted by Gasteiger charge is 2.09. The summed E-state index contributed by atoms with van der Waals surface area (Å²) in [6.07, 6.45) is 5.22. The highest BCUT2D eigenvalue weighted by molar-refractivity contribution is 6.10. The third-order valence-electron chi connectivity index (χ3n) is 3.00. The van der Waals surface area contributed by atoms with Crippen LogP contribution in [0.15, 0.2) is 29.3 Å². The van der Waals surface area contributed by atoms with Crippen LogP contribution in [0.2, 0.25) is 0 Å². The molecule has 1 aromatic rings. The smallest absolute Gasteiger partial charge is 0.0284 e. The second-order valence-corrected chi connectivity index (χ2v) is 4.63. The molecule has 0 radical (unpaired) electrons. The van der Waals surface area contributed by atoms with Crippen LogP contribution >= 0.6 is 0 Å². The number of hydrogen-bond acceptors (Lipinski definition) is 1. The van der Waals surface area contributed by atoms with E-state index in [0.717, 1.165) is 6.42 Å². The molecule has 0 saturated carbocycles. The van der Waals surface area contributed by atoms with Crippen molar-refractivity contribution < 1.29 is 0 Å². The van der Waals surface area contributed by atoms with Gasteiger partial charge in [-0.2, -0.15) is 0 Å². The fraction of sp³-hybridized carbons (Fsp3) is 0.438. The first-order chi connectivity index (χ1) is 8.11. The summed E-state index contributed by atoms with van der Waals surface area (Å²) >= 11 is 0. The standard InChI is InChI=1S/C16H23N/c1-6-8-14(11-17-5)16-10-7-9-15(12(2)3)13(16)4/h7-12H,6H2,1-5H3/b14-8+,17-11?. The zero-order valence-corrected chi connectivity index (χ0v) is 11.6. The molecule has 1 heteroatoms. The van der Waals surface area contributed by atoms with E-state index in [-0.39, 0.29) is 0 Å². The fourth-order valence-electron chi connectivity index (χ4n) is 2.18. The molecule has 0 spiro atoms. The van der Waals surface area contributed by atoms with E-state index in [2.05, 4.69) is 57.0 Å². The van der Waals surface area contributed by atoms with E-state index in [1.54, 1.807) is 0 Å². The van der Waals surface area contributed by atoms with Crippen molar-refractivity contribution in [2.45, 2.75) is 40.0 Å². The predicted octanol–water partition coefficient (Wildman–Crippen LogP) is 4.61. The molecule has 92 valence electrons. The summed E-state index contributed by atoms with van der Waals surface area (Å²) in [4.78, 5) is 4.15. The molecule has 1 aromatic carbocycles. The van der Waals surface area contributed by atoms with Crippen LogP contribution in [-0.2, 0) is 0 Å². The molecule has 0 fully saturated rings. The lowest BCUT2D eigenvalue weighted by atomic mass is 9.91. The Bertz CT molecular complexity index is 425. The van der Waals surface area contributed by atoms with Crippen molar-refractivity contribution in [3.8, 4) is 0 Å². The number of aliphatic imine (C=N–C) groups is 1. The van der Waals surface area contributed by atoms with Crippen LogP contribution in [0.1, 0.15) is 49.8 Å². The van der Waals surface area contributed by atoms with E-state index in [4.69, 9.17) is 0 Å². The lowest BCUT2D eigenvalue weighted by molar-refractivity contribution is 0.855. The molecule has 0 amide bonds. The predicted molar refractivity (Wildman–Crippen MR) is 78.0 cm³/mol. The molecule has 0 bridgehead atoms. The van der Waals surface area contributed by atoms with Crippen LogP contribution in [0.25, 0.3) is 5.57 Å². The van der Waals surface area contributed by atoms with Gasteiger partial charge in [0.05, 0.1) is 0 Å². The molecule has 0 aliphatic heterocycles. The van der Waals surface area contributed by atoms with Gasteiger partial charge in [-0.25, -0.2) is 0 Å². The van der Waals surface area contributed by atoms with E-state index in [0.29, 0.717) is 5.92 Å². The van der Waals surface area contributed by atoms with Gasteiger partial charge in [-0.3, -0.25) is 4.99 Å². The Morgan fingerprint density at radius 1 is 1.35 bits per heavy atom. The number of allylic oxidation sites excluding steroid dienone is 2. The zero-order valence-electron chi connectivity index (χ0n) is 11.6. The van der Waals surface area contributed by atoms with Gasteiger partial charge in [-0.15, -0.1) is 0 Å². The van der Waals surface area contributed by atoms with Gasteiger partial charge >= 0.3 is 0 Å². The van der Waals surface area contributed by atoms with Gasteiger partial charge in [0.25, 0.3) is 0 Å². The van der Waals surface area contributed by atoms with Gasteiger partial charge in [-0.1, -0.05) is 45.0 Å². The minimum absolute atomic E-state index is 0.566. The van der Waals surface area contributed by atoms with Crippen molar-refractivity contribution in [3.05, 3.63) is 41.0 Å². The van der Waals surface area contributed by atoms with Crippen LogP contribution < -0.4 is 0 Å². The van der Waals surface area contributed by atoms with E-state index in [1.807, 2.05) is 13.3 Å². The van der Waals surface area contributed by atoms with Crippen LogP contribution in [0, 0.1) is 6.92 Å². The SMILES string of the molecule is CC/C=C(\C=NC)c1cccc(C(C)C)c1C. The first-order valence-electron chi connectivity index (χ1n) is 6.34. The summed E-state index contributed by atoms with van der Waals surface area (Å²) in [6.45, 7) is 8.84. The van der Waals surface area contributed by atoms with E-state index < -0.39 is 0 Å². The Morgan fingerprint density at radius 2 is 2.06 bits per heavy atom. The van der Waals surface area contributed by atoms with Crippen molar-refractivity contribution in [1.29, 1.82) is 0 Å². The van der Waals surface area contributed by atoms with Crippen molar-refractivity contribution in [1.82, 2.24) is 0 Å². The highest BCUT2D eigenvalue weighted by Crippen LogP contribution is 2.26. The van der Waals surface area contributed by atoms with E-state index in [9.17, 15) is 0 Å². The third-order valence-corrected chi connectivity index (χ3v) is 3.00. The first kappa shape index (κ1) is 13.7. The Morgan fingerprint density at radius 3 is 2.59 bits per heavy atom. The van der Waals surface area contributed by atoms with Gasteiger partial charge in [0.1, 0.15) is 0 Å². The summed E-state index contributed by atoms with van der Waals surface area (Å²) in [5.74, 6) is 0.566. The van der Waals surface area contributed by atoms with Crippen molar-refractivity contribution in [2.75, 3.05) is 7.05 Å². The summed E-state index contributed by atoms with van der Waals surface area (Å²) in [6, 6.07) is 6.55. The van der Waals surface area contributed by atoms with E-state index in [1.165, 1.54) is 22.3 Å². The molecule has 1 rings (SSSR count). The molecule has 0 N–H and O–H groups in total. The lowest BCUT2D eigenvalue weighted by Crippen LogP contribution is -1.98. The summed E-state index contributed by atoms with van der Waals surface area (Å²) in [7, 11) is 1.82. The molecule has 17 heavy (non-hydrogen) atoms. The van der Waals surface area contributed by atoms with Crippen LogP contribution in [-0.4, -0.2) is 13.3 Å². The molecule has 0 saturated heterocycles. The maximum Gasteiger partial charge on any atom is 0.0284 e. The minimum atomic E-state index is 0.566. The van der Waals surface area contributed by atoms with Gasteiger partial charge in [0, 0.05) is 13.3 Å². The highest BCUT2D eigenvalue weighted by atomic mass is 14.6. The van der Waals surface area contributed by atoms with Crippen LogP contribution in [0.5, 0.6) is 0 Å². The average Bonchev–Trinajstić information content (AvgIpc) is 2.29. The molecule has 0 unspecified atom stereocenters. The second kappa shape index (κ2) is 6.39. The maximum absolute atomic E-state index is 4.15. The Kier molecular flexibility index (Phi) is 5.14.